The van der Waals surface area contributed by atoms with Crippen LogP contribution in [0, 0.1) is 5.92 Å². The van der Waals surface area contributed by atoms with Crippen molar-refractivity contribution in [3.63, 3.8) is 0 Å². The normalized spacial score (nSPS) is 24.8. The van der Waals surface area contributed by atoms with Crippen molar-refractivity contribution < 1.29 is 14.0 Å². The molecule has 1 saturated heterocycles. The van der Waals surface area contributed by atoms with Gasteiger partial charge in [0.15, 0.2) is 0 Å². The van der Waals surface area contributed by atoms with Gasteiger partial charge in [0, 0.05) is 29.4 Å². The molecule has 24 heavy (non-hydrogen) atoms. The minimum Gasteiger partial charge on any atom is -0.468 e. The second-order valence-corrected chi connectivity index (χ2v) is 6.40. The Labute approximate surface area is 142 Å². The third-order valence-electron chi connectivity index (χ3n) is 4.97. The van der Waals surface area contributed by atoms with E-state index in [-0.39, 0.29) is 23.7 Å². The molecule has 2 aliphatic rings. The molecule has 126 valence electrons. The standard InChI is InChI=1S/C20H23NO3/c1-3-5-7-13(4-2)17-12-24-19-14(8-6-9-15(17)19)16-10-11-18(22)21-20(16)23/h3-5,7,12,14,16H,2,6,8-11H2,1H3,(H,21,22,23)/b5-3-,13-7+. The molecule has 2 amide bonds. The van der Waals surface area contributed by atoms with Crippen LogP contribution in [0.2, 0.25) is 0 Å². The van der Waals surface area contributed by atoms with Gasteiger partial charge >= 0.3 is 0 Å². The van der Waals surface area contributed by atoms with Crippen LogP contribution in [0.3, 0.4) is 0 Å². The molecule has 0 bridgehead atoms. The predicted molar refractivity (Wildman–Crippen MR) is 93.2 cm³/mol. The first-order valence-electron chi connectivity index (χ1n) is 8.55. The Morgan fingerprint density at radius 1 is 1.29 bits per heavy atom. The highest BCUT2D eigenvalue weighted by Crippen LogP contribution is 2.43. The second kappa shape index (κ2) is 7.04. The van der Waals surface area contributed by atoms with Gasteiger partial charge in [0.2, 0.25) is 11.8 Å². The van der Waals surface area contributed by atoms with Crippen LogP contribution in [0.1, 0.15) is 55.4 Å². The number of carbonyl (C=O) groups excluding carboxylic acids is 2. The minimum atomic E-state index is -0.174. The molecule has 1 aromatic rings. The molecule has 0 aromatic carbocycles. The van der Waals surface area contributed by atoms with Gasteiger partial charge in [-0.05, 0) is 38.2 Å². The summed E-state index contributed by atoms with van der Waals surface area (Å²) in [7, 11) is 0. The molecular formula is C20H23NO3. The van der Waals surface area contributed by atoms with Gasteiger partial charge in [-0.3, -0.25) is 14.9 Å². The van der Waals surface area contributed by atoms with Crippen molar-refractivity contribution >= 4 is 17.4 Å². The zero-order valence-corrected chi connectivity index (χ0v) is 14.0. The van der Waals surface area contributed by atoms with Crippen LogP contribution in [0.25, 0.3) is 5.57 Å². The quantitative estimate of drug-likeness (QED) is 0.675. The SMILES string of the molecule is C=C/C(=C\C=C/C)c1coc2c1CCCC2C1CCC(=O)NC1=O. The fraction of sp³-hybridized carbons (Fsp3) is 0.400. The van der Waals surface area contributed by atoms with Crippen molar-refractivity contribution in [3.8, 4) is 0 Å². The maximum Gasteiger partial charge on any atom is 0.230 e. The number of furan rings is 1. The lowest BCUT2D eigenvalue weighted by Crippen LogP contribution is -2.43. The lowest BCUT2D eigenvalue weighted by atomic mass is 9.75. The zero-order valence-electron chi connectivity index (χ0n) is 14.0. The number of piperidine rings is 1. The van der Waals surface area contributed by atoms with E-state index in [9.17, 15) is 9.59 Å². The van der Waals surface area contributed by atoms with Crippen molar-refractivity contribution in [1.82, 2.24) is 5.32 Å². The Kier molecular flexibility index (Phi) is 4.84. The average molecular weight is 325 g/mol. The Morgan fingerprint density at radius 2 is 2.12 bits per heavy atom. The summed E-state index contributed by atoms with van der Waals surface area (Å²) in [5.74, 6) is 0.473. The van der Waals surface area contributed by atoms with E-state index in [0.717, 1.165) is 36.2 Å². The number of fused-ring (bicyclic) bond motifs is 1. The van der Waals surface area contributed by atoms with E-state index in [1.54, 1.807) is 6.26 Å². The molecule has 2 atom stereocenters. The van der Waals surface area contributed by atoms with Crippen LogP contribution in [0.4, 0.5) is 0 Å². The summed E-state index contributed by atoms with van der Waals surface area (Å²) in [6, 6.07) is 0. The molecule has 1 aliphatic carbocycles. The summed E-state index contributed by atoms with van der Waals surface area (Å²) in [5, 5.41) is 2.47. The van der Waals surface area contributed by atoms with Crippen LogP contribution >= 0.6 is 0 Å². The smallest absolute Gasteiger partial charge is 0.230 e. The molecule has 1 N–H and O–H groups in total. The van der Waals surface area contributed by atoms with Crippen molar-refractivity contribution in [1.29, 1.82) is 0 Å². The molecule has 1 aromatic heterocycles. The number of nitrogens with one attached hydrogen (secondary N) is 1. The third kappa shape index (κ3) is 3.01. The largest absolute Gasteiger partial charge is 0.468 e. The summed E-state index contributed by atoms with van der Waals surface area (Å²) in [6.07, 6.45) is 13.5. The van der Waals surface area contributed by atoms with Crippen molar-refractivity contribution in [3.05, 3.63) is 54.0 Å². The maximum absolute atomic E-state index is 12.2. The number of rotatable bonds is 4. The summed E-state index contributed by atoms with van der Waals surface area (Å²) in [4.78, 5) is 23.6. The monoisotopic (exact) mass is 325 g/mol. The van der Waals surface area contributed by atoms with E-state index < -0.39 is 0 Å². The number of imide groups is 1. The predicted octanol–water partition coefficient (Wildman–Crippen LogP) is 3.90. The molecule has 0 radical (unpaired) electrons. The molecular weight excluding hydrogens is 302 g/mol. The highest BCUT2D eigenvalue weighted by atomic mass is 16.3. The minimum absolute atomic E-state index is 0.0587. The van der Waals surface area contributed by atoms with Crippen molar-refractivity contribution in [2.75, 3.05) is 0 Å². The fourth-order valence-electron chi connectivity index (χ4n) is 3.78. The molecule has 2 heterocycles. The first kappa shape index (κ1) is 16.5. The van der Waals surface area contributed by atoms with Gasteiger partial charge in [-0.1, -0.05) is 30.9 Å². The third-order valence-corrected chi connectivity index (χ3v) is 4.97. The zero-order chi connectivity index (χ0) is 17.1. The second-order valence-electron chi connectivity index (χ2n) is 6.40. The number of hydrogen-bond donors (Lipinski definition) is 1. The van der Waals surface area contributed by atoms with E-state index >= 15 is 0 Å². The first-order valence-corrected chi connectivity index (χ1v) is 8.55. The molecule has 4 heteroatoms. The van der Waals surface area contributed by atoms with Crippen LogP contribution in [0.5, 0.6) is 0 Å². The Balaban J connectivity index is 1.94. The van der Waals surface area contributed by atoms with E-state index in [1.807, 2.05) is 31.2 Å². The summed E-state index contributed by atoms with van der Waals surface area (Å²) < 4.78 is 5.91. The summed E-state index contributed by atoms with van der Waals surface area (Å²) in [5.41, 5.74) is 3.28. The lowest BCUT2D eigenvalue weighted by Gasteiger charge is -2.30. The van der Waals surface area contributed by atoms with Crippen LogP contribution in [-0.4, -0.2) is 11.8 Å². The Bertz CT molecular complexity index is 723. The molecule has 1 fully saturated rings. The van der Waals surface area contributed by atoms with Crippen molar-refractivity contribution in [2.24, 2.45) is 5.92 Å². The van der Waals surface area contributed by atoms with E-state index in [4.69, 9.17) is 4.42 Å². The van der Waals surface area contributed by atoms with E-state index in [0.29, 0.717) is 12.8 Å². The van der Waals surface area contributed by atoms with Crippen LogP contribution in [0.15, 0.2) is 41.6 Å². The van der Waals surface area contributed by atoms with Crippen molar-refractivity contribution in [2.45, 2.75) is 44.9 Å². The average Bonchev–Trinajstić information content (AvgIpc) is 3.00. The molecule has 0 saturated carbocycles. The molecule has 0 spiro atoms. The van der Waals surface area contributed by atoms with Gasteiger partial charge in [-0.25, -0.2) is 0 Å². The highest BCUT2D eigenvalue weighted by Gasteiger charge is 2.39. The topological polar surface area (TPSA) is 59.3 Å². The fourth-order valence-corrected chi connectivity index (χ4v) is 3.78. The van der Waals surface area contributed by atoms with Crippen LogP contribution in [-0.2, 0) is 16.0 Å². The first-order chi connectivity index (χ1) is 11.7. The molecule has 1 aliphatic heterocycles. The van der Waals surface area contributed by atoms with Gasteiger partial charge in [-0.15, -0.1) is 0 Å². The van der Waals surface area contributed by atoms with Gasteiger partial charge in [-0.2, -0.15) is 0 Å². The maximum atomic E-state index is 12.2. The summed E-state index contributed by atoms with van der Waals surface area (Å²) >= 11 is 0. The number of carbonyl (C=O) groups is 2. The molecule has 3 rings (SSSR count). The van der Waals surface area contributed by atoms with Gasteiger partial charge in [0.1, 0.15) is 5.76 Å². The number of allylic oxidation sites excluding steroid dienone is 5. The highest BCUT2D eigenvalue weighted by molar-refractivity contribution is 5.99. The number of hydrogen-bond acceptors (Lipinski definition) is 3. The summed E-state index contributed by atoms with van der Waals surface area (Å²) in [6.45, 7) is 5.88. The van der Waals surface area contributed by atoms with E-state index in [2.05, 4.69) is 11.9 Å². The molecule has 4 nitrogen and oxygen atoms in total. The lowest BCUT2D eigenvalue weighted by molar-refractivity contribution is -0.137. The number of amides is 2. The van der Waals surface area contributed by atoms with Gasteiger partial charge in [0.25, 0.3) is 0 Å². The van der Waals surface area contributed by atoms with Crippen LogP contribution < -0.4 is 5.32 Å². The van der Waals surface area contributed by atoms with Gasteiger partial charge in [0.05, 0.1) is 6.26 Å². The van der Waals surface area contributed by atoms with Gasteiger partial charge < -0.3 is 4.42 Å². The Morgan fingerprint density at radius 3 is 2.83 bits per heavy atom. The molecule has 2 unspecified atom stereocenters. The Hall–Kier alpha value is -2.36. The van der Waals surface area contributed by atoms with E-state index in [1.165, 1.54) is 5.56 Å².